The molecule has 0 radical (unpaired) electrons. The minimum Gasteiger partial charge on any atom is -0.466 e. The van der Waals surface area contributed by atoms with Crippen molar-refractivity contribution >= 4 is 35.4 Å². The highest BCUT2D eigenvalue weighted by Gasteiger charge is 2.70. The predicted molar refractivity (Wildman–Crippen MR) is 146 cm³/mol. The summed E-state index contributed by atoms with van der Waals surface area (Å²) in [6, 6.07) is 15.2. The Labute approximate surface area is 223 Å². The molecule has 2 aromatic carbocycles. The molecule has 8 heteroatoms. The van der Waals surface area contributed by atoms with Gasteiger partial charge in [-0.3, -0.25) is 9.59 Å². The summed E-state index contributed by atoms with van der Waals surface area (Å²) >= 11 is 0. The van der Waals surface area contributed by atoms with Crippen molar-refractivity contribution in [2.45, 2.75) is 71.0 Å². The van der Waals surface area contributed by atoms with E-state index in [4.69, 9.17) is 13.7 Å². The number of carbonyl (C=O) groups excluding carboxylic acids is 2. The smallest absolute Gasteiger partial charge is 0.466 e. The van der Waals surface area contributed by atoms with Gasteiger partial charge in [0.15, 0.2) is 0 Å². The lowest BCUT2D eigenvalue weighted by Crippen LogP contribution is -2.65. The number of rotatable bonds is 6. The molecule has 38 heavy (non-hydrogen) atoms. The molecule has 4 fully saturated rings. The van der Waals surface area contributed by atoms with Crippen LogP contribution in [0.2, 0.25) is 0 Å². The van der Waals surface area contributed by atoms with E-state index in [0.29, 0.717) is 23.3 Å². The molecule has 1 saturated heterocycles. The van der Waals surface area contributed by atoms with Crippen LogP contribution >= 0.6 is 0 Å². The lowest BCUT2D eigenvalue weighted by Gasteiger charge is -2.64. The molecule has 3 aromatic rings. The van der Waals surface area contributed by atoms with Crippen molar-refractivity contribution in [3.63, 3.8) is 0 Å². The van der Waals surface area contributed by atoms with E-state index in [1.807, 2.05) is 49.4 Å². The quantitative estimate of drug-likeness (QED) is 0.440. The summed E-state index contributed by atoms with van der Waals surface area (Å²) in [6.45, 7) is 10.2. The van der Waals surface area contributed by atoms with E-state index in [9.17, 15) is 9.59 Å². The SMILES string of the molecule is CC(=O)Nc1cccc(CC(=O)N[C@@](C)(B2O[C@@H]3C[C@@H]4C[C@@H](C4(C)C)[C@]3(C)O2)c2occ3ccccc23)c1. The van der Waals surface area contributed by atoms with Gasteiger partial charge in [-0.05, 0) is 61.6 Å². The molecule has 7 rings (SSSR count). The second kappa shape index (κ2) is 8.71. The normalized spacial score (nSPS) is 28.8. The van der Waals surface area contributed by atoms with Crippen LogP contribution in [0.3, 0.4) is 0 Å². The standard InChI is InChI=1S/C30H35BN2O5/c1-18(34)32-22-11-8-9-19(13-22)14-26(35)33-30(5,27-23-12-7-6-10-20(23)17-36-27)31-37-25-16-21-15-24(28(21,2)3)29(25,4)38-31/h6-13,17,21,24-25H,14-16H2,1-5H3,(H,32,34)(H,33,35)/t21-,24-,25+,29-,30+/m0/s1. The Kier molecular flexibility index (Phi) is 5.78. The average molecular weight is 514 g/mol. The molecule has 2 heterocycles. The summed E-state index contributed by atoms with van der Waals surface area (Å²) in [5, 5.41) is 7.89. The molecule has 0 spiro atoms. The third kappa shape index (κ3) is 3.88. The largest absolute Gasteiger partial charge is 0.492 e. The summed E-state index contributed by atoms with van der Waals surface area (Å²) in [7, 11) is -0.711. The Hall–Kier alpha value is -3.10. The van der Waals surface area contributed by atoms with E-state index in [0.717, 1.165) is 29.2 Å². The van der Waals surface area contributed by atoms with Crippen LogP contribution in [0.5, 0.6) is 0 Å². The maximum absolute atomic E-state index is 13.6. The Morgan fingerprint density at radius 2 is 1.89 bits per heavy atom. The van der Waals surface area contributed by atoms with Crippen LogP contribution in [0.15, 0.2) is 59.2 Å². The molecule has 1 aliphatic heterocycles. The van der Waals surface area contributed by atoms with Crippen molar-refractivity contribution in [2.75, 3.05) is 5.32 Å². The zero-order valence-electron chi connectivity index (χ0n) is 22.7. The summed E-state index contributed by atoms with van der Waals surface area (Å²) in [5.41, 5.74) is 0.161. The number of benzene rings is 2. The lowest BCUT2D eigenvalue weighted by molar-refractivity contribution is -0.199. The van der Waals surface area contributed by atoms with E-state index in [2.05, 4.69) is 31.4 Å². The van der Waals surface area contributed by atoms with Crippen LogP contribution in [0, 0.1) is 17.3 Å². The van der Waals surface area contributed by atoms with Crippen molar-refractivity contribution in [1.29, 1.82) is 0 Å². The van der Waals surface area contributed by atoms with Gasteiger partial charge in [-0.15, -0.1) is 0 Å². The second-order valence-corrected chi connectivity index (χ2v) is 12.3. The number of amides is 2. The highest BCUT2D eigenvalue weighted by Crippen LogP contribution is 2.66. The molecule has 5 atom stereocenters. The maximum atomic E-state index is 13.6. The fraction of sp³-hybridized carbons (Fsp3) is 0.467. The number of furan rings is 1. The first-order valence-corrected chi connectivity index (χ1v) is 13.5. The third-order valence-corrected chi connectivity index (χ3v) is 9.41. The lowest BCUT2D eigenvalue weighted by atomic mass is 9.43. The molecule has 3 aliphatic carbocycles. The first kappa shape index (κ1) is 25.2. The van der Waals surface area contributed by atoms with E-state index >= 15 is 0 Å². The Balaban J connectivity index is 1.32. The first-order chi connectivity index (χ1) is 18.0. The van der Waals surface area contributed by atoms with Gasteiger partial charge >= 0.3 is 7.12 Å². The second-order valence-electron chi connectivity index (χ2n) is 12.3. The monoisotopic (exact) mass is 514 g/mol. The van der Waals surface area contributed by atoms with Crippen molar-refractivity contribution in [2.24, 2.45) is 17.3 Å². The molecule has 2 N–H and O–H groups in total. The zero-order chi connectivity index (χ0) is 26.9. The third-order valence-electron chi connectivity index (χ3n) is 9.41. The maximum Gasteiger partial charge on any atom is 0.492 e. The zero-order valence-corrected chi connectivity index (χ0v) is 22.7. The fourth-order valence-corrected chi connectivity index (χ4v) is 7.21. The van der Waals surface area contributed by atoms with E-state index in [1.165, 1.54) is 6.92 Å². The van der Waals surface area contributed by atoms with E-state index in [-0.39, 0.29) is 29.8 Å². The van der Waals surface area contributed by atoms with Crippen LogP contribution < -0.4 is 10.6 Å². The molecule has 198 valence electrons. The number of nitrogens with one attached hydrogen (secondary N) is 2. The summed E-state index contributed by atoms with van der Waals surface area (Å²) < 4.78 is 19.7. The van der Waals surface area contributed by atoms with Crippen LogP contribution in [0.1, 0.15) is 58.8 Å². The minimum absolute atomic E-state index is 0.0314. The highest BCUT2D eigenvalue weighted by molar-refractivity contribution is 6.50. The number of fused-ring (bicyclic) bond motifs is 1. The van der Waals surface area contributed by atoms with Gasteiger partial charge in [0.25, 0.3) is 0 Å². The van der Waals surface area contributed by atoms with Gasteiger partial charge in [0.2, 0.25) is 11.8 Å². The molecule has 4 aliphatic rings. The van der Waals surface area contributed by atoms with Gasteiger partial charge in [-0.1, -0.05) is 50.2 Å². The average Bonchev–Trinajstić information content (AvgIpc) is 3.45. The van der Waals surface area contributed by atoms with Crippen molar-refractivity contribution in [3.8, 4) is 0 Å². The van der Waals surface area contributed by atoms with Crippen molar-refractivity contribution in [3.05, 3.63) is 66.1 Å². The molecule has 3 saturated carbocycles. The minimum atomic E-state index is -1.07. The molecule has 2 bridgehead atoms. The molecule has 0 unspecified atom stereocenters. The summed E-state index contributed by atoms with van der Waals surface area (Å²) in [4.78, 5) is 25.1. The predicted octanol–water partition coefficient (Wildman–Crippen LogP) is 5.23. The molecule has 7 nitrogen and oxygen atoms in total. The number of hydrogen-bond acceptors (Lipinski definition) is 5. The van der Waals surface area contributed by atoms with Crippen LogP contribution in [-0.2, 0) is 30.8 Å². The Bertz CT molecular complexity index is 1420. The highest BCUT2D eigenvalue weighted by atomic mass is 16.7. The number of carbonyl (C=O) groups is 2. The van der Waals surface area contributed by atoms with Crippen LogP contribution in [0.25, 0.3) is 10.8 Å². The number of hydrogen-bond donors (Lipinski definition) is 2. The Morgan fingerprint density at radius 3 is 2.66 bits per heavy atom. The molecule has 1 aromatic heterocycles. The summed E-state index contributed by atoms with van der Waals surface area (Å²) in [5.74, 6) is 1.29. The van der Waals surface area contributed by atoms with Gasteiger partial charge in [0, 0.05) is 23.4 Å². The Morgan fingerprint density at radius 1 is 1.11 bits per heavy atom. The summed E-state index contributed by atoms with van der Waals surface area (Å²) in [6.07, 6.45) is 3.92. The van der Waals surface area contributed by atoms with Gasteiger partial charge in [-0.25, -0.2) is 0 Å². The van der Waals surface area contributed by atoms with Gasteiger partial charge < -0.3 is 24.4 Å². The van der Waals surface area contributed by atoms with Gasteiger partial charge in [-0.2, -0.15) is 0 Å². The van der Waals surface area contributed by atoms with E-state index < -0.39 is 18.2 Å². The molecular weight excluding hydrogens is 479 g/mol. The van der Waals surface area contributed by atoms with Crippen LogP contribution in [0.4, 0.5) is 5.69 Å². The van der Waals surface area contributed by atoms with Crippen LogP contribution in [-0.4, -0.2) is 30.6 Å². The van der Waals surface area contributed by atoms with Gasteiger partial charge in [0.1, 0.15) is 11.2 Å². The van der Waals surface area contributed by atoms with E-state index in [1.54, 1.807) is 12.3 Å². The molecular formula is C30H35BN2O5. The fourth-order valence-electron chi connectivity index (χ4n) is 7.21. The molecule has 2 amide bonds. The van der Waals surface area contributed by atoms with Crippen molar-refractivity contribution < 1.29 is 23.3 Å². The first-order valence-electron chi connectivity index (χ1n) is 13.5. The van der Waals surface area contributed by atoms with Crippen molar-refractivity contribution in [1.82, 2.24) is 5.32 Å². The topological polar surface area (TPSA) is 89.8 Å². The number of anilines is 1. The van der Waals surface area contributed by atoms with Gasteiger partial charge in [0.05, 0.1) is 24.4 Å².